The normalized spacial score (nSPS) is 21.3. The van der Waals surface area contributed by atoms with Crippen molar-refractivity contribution in [1.29, 1.82) is 0 Å². The van der Waals surface area contributed by atoms with Gasteiger partial charge in [0.1, 0.15) is 11.3 Å². The zero-order valence-electron chi connectivity index (χ0n) is 18.9. The summed E-state index contributed by atoms with van der Waals surface area (Å²) in [5.41, 5.74) is 0.692. The number of hydrogen-bond acceptors (Lipinski definition) is 9. The number of rotatable bonds is 6. The number of hydrogen-bond donors (Lipinski definition) is 4. The second-order valence-corrected chi connectivity index (χ2v) is 9.35. The van der Waals surface area contributed by atoms with E-state index in [0.717, 1.165) is 10.6 Å². The summed E-state index contributed by atoms with van der Waals surface area (Å²) in [5, 5.41) is 19.9. The number of nitrogens with one attached hydrogen (secondary N) is 3. The van der Waals surface area contributed by atoms with Crippen molar-refractivity contribution in [2.75, 3.05) is 23.5 Å². The summed E-state index contributed by atoms with van der Waals surface area (Å²) in [5.74, 6) is 0.807. The maximum absolute atomic E-state index is 13.0. The number of aromatic nitrogens is 3. The van der Waals surface area contributed by atoms with Crippen LogP contribution < -0.4 is 20.7 Å². The number of methoxy groups -OCH3 is 1. The largest absolute Gasteiger partial charge is 0.481 e. The lowest BCUT2D eigenvalue weighted by atomic mass is 9.87. The Labute approximate surface area is 205 Å². The van der Waals surface area contributed by atoms with Gasteiger partial charge in [0.05, 0.1) is 34.7 Å². The van der Waals surface area contributed by atoms with Crippen LogP contribution in [0, 0.1) is 0 Å². The Bertz CT molecular complexity index is 1330. The summed E-state index contributed by atoms with van der Waals surface area (Å²) in [7, 11) is 1.52. The van der Waals surface area contributed by atoms with Gasteiger partial charge in [0.25, 0.3) is 5.91 Å². The predicted octanol–water partition coefficient (Wildman–Crippen LogP) is 2.26. The lowest BCUT2D eigenvalue weighted by Crippen LogP contribution is -2.45. The average Bonchev–Trinajstić information content (AvgIpc) is 2.88. The fourth-order valence-corrected chi connectivity index (χ4v) is 4.74. The Morgan fingerprint density at radius 3 is 2.97 bits per heavy atom. The maximum atomic E-state index is 13.0. The number of nitrogens with zero attached hydrogens (tertiary/aromatic N) is 3. The second kappa shape index (κ2) is 9.61. The highest BCUT2D eigenvalue weighted by molar-refractivity contribution is 8.00. The molecule has 35 heavy (non-hydrogen) atoms. The minimum absolute atomic E-state index is 0.0300. The van der Waals surface area contributed by atoms with Crippen molar-refractivity contribution in [2.45, 2.75) is 35.9 Å². The highest BCUT2D eigenvalue weighted by Gasteiger charge is 2.36. The summed E-state index contributed by atoms with van der Waals surface area (Å²) in [4.78, 5) is 38.7. The van der Waals surface area contributed by atoms with Crippen LogP contribution in [0.4, 0.5) is 11.5 Å². The number of pyridine rings is 3. The van der Waals surface area contributed by atoms with E-state index in [0.29, 0.717) is 47.1 Å². The van der Waals surface area contributed by atoms with Crippen LogP contribution in [0.25, 0.3) is 11.0 Å². The molecule has 2 amide bonds. The minimum Gasteiger partial charge on any atom is -0.481 e. The SMILES string of the molecule is COc1ccc2nccc(NC(=O)[C@]3(O)C=C[C@@H](NCc4ccc5c(n4)NC(=O)CS5)CC3)c2n1. The molecule has 0 bridgehead atoms. The van der Waals surface area contributed by atoms with Crippen LogP contribution in [-0.2, 0) is 16.1 Å². The van der Waals surface area contributed by atoms with Crippen LogP contribution in [0.2, 0.25) is 0 Å². The Morgan fingerprint density at radius 1 is 1.29 bits per heavy atom. The topological polar surface area (TPSA) is 138 Å². The molecule has 0 spiro atoms. The third-order valence-electron chi connectivity index (χ3n) is 5.93. The summed E-state index contributed by atoms with van der Waals surface area (Å²) < 4.78 is 5.17. The van der Waals surface area contributed by atoms with Crippen LogP contribution >= 0.6 is 11.8 Å². The molecule has 0 aromatic carbocycles. The molecule has 180 valence electrons. The standard InChI is InChI=1S/C24H24N6O4S/c1-34-20-5-3-16-21(30-20)17(8-11-25-16)28-23(32)24(33)9-6-14(7-10-24)26-12-15-2-4-18-22(27-15)29-19(31)13-35-18/h2-6,8-9,11,14,26,33H,7,10,12-13H2,1H3,(H,25,28,32)(H,27,29,31)/t14-,24+/m1/s1. The molecule has 0 fully saturated rings. The van der Waals surface area contributed by atoms with E-state index in [2.05, 4.69) is 30.9 Å². The summed E-state index contributed by atoms with van der Waals surface area (Å²) in [6.45, 7) is 0.490. The van der Waals surface area contributed by atoms with E-state index < -0.39 is 11.5 Å². The van der Waals surface area contributed by atoms with Gasteiger partial charge in [0, 0.05) is 24.8 Å². The number of carbonyl (C=O) groups is 2. The number of anilines is 2. The molecule has 2 aliphatic rings. The molecule has 0 unspecified atom stereocenters. The molecule has 3 aromatic rings. The molecule has 1 aliphatic carbocycles. The molecule has 4 heterocycles. The van der Waals surface area contributed by atoms with E-state index in [1.165, 1.54) is 24.9 Å². The lowest BCUT2D eigenvalue weighted by molar-refractivity contribution is -0.130. The second-order valence-electron chi connectivity index (χ2n) is 8.33. The Kier molecular flexibility index (Phi) is 6.37. The highest BCUT2D eigenvalue weighted by atomic mass is 32.2. The van der Waals surface area contributed by atoms with Gasteiger partial charge in [-0.2, -0.15) is 0 Å². The summed E-state index contributed by atoms with van der Waals surface area (Å²) >= 11 is 1.47. The van der Waals surface area contributed by atoms with Crippen LogP contribution in [0.15, 0.2) is 53.6 Å². The third-order valence-corrected chi connectivity index (χ3v) is 6.97. The van der Waals surface area contributed by atoms with E-state index in [9.17, 15) is 14.7 Å². The number of thioether (sulfide) groups is 1. The van der Waals surface area contributed by atoms with Crippen molar-refractivity contribution >= 4 is 46.1 Å². The smallest absolute Gasteiger partial charge is 0.260 e. The fourth-order valence-electron chi connectivity index (χ4n) is 3.98. The maximum Gasteiger partial charge on any atom is 0.260 e. The molecule has 11 heteroatoms. The van der Waals surface area contributed by atoms with Crippen LogP contribution in [0.1, 0.15) is 18.5 Å². The fraction of sp³-hybridized carbons (Fsp3) is 0.292. The van der Waals surface area contributed by atoms with Crippen molar-refractivity contribution in [3.8, 4) is 5.88 Å². The number of amides is 2. The van der Waals surface area contributed by atoms with Crippen LogP contribution in [0.3, 0.4) is 0 Å². The van der Waals surface area contributed by atoms with Gasteiger partial charge in [0.2, 0.25) is 11.8 Å². The first-order valence-corrected chi connectivity index (χ1v) is 12.1. The number of carbonyl (C=O) groups excluding carboxylic acids is 2. The molecular formula is C24H24N6O4S. The van der Waals surface area contributed by atoms with Crippen molar-refractivity contribution in [3.05, 3.63) is 54.4 Å². The van der Waals surface area contributed by atoms with Gasteiger partial charge in [-0.3, -0.25) is 14.6 Å². The first kappa shape index (κ1) is 23.2. The number of ether oxygens (including phenoxy) is 1. The van der Waals surface area contributed by atoms with E-state index in [1.54, 1.807) is 30.5 Å². The molecule has 3 aromatic heterocycles. The molecule has 0 saturated carbocycles. The van der Waals surface area contributed by atoms with Crippen LogP contribution in [-0.4, -0.2) is 56.4 Å². The molecule has 5 rings (SSSR count). The highest BCUT2D eigenvalue weighted by Crippen LogP contribution is 2.30. The summed E-state index contributed by atoms with van der Waals surface area (Å²) in [6, 6.07) is 8.94. The van der Waals surface area contributed by atoms with Gasteiger partial charge < -0.3 is 25.8 Å². The van der Waals surface area contributed by atoms with Crippen molar-refractivity contribution in [1.82, 2.24) is 20.3 Å². The first-order chi connectivity index (χ1) is 16.9. The van der Waals surface area contributed by atoms with E-state index >= 15 is 0 Å². The minimum atomic E-state index is -1.64. The Morgan fingerprint density at radius 2 is 2.17 bits per heavy atom. The van der Waals surface area contributed by atoms with Crippen molar-refractivity contribution in [2.24, 2.45) is 0 Å². The number of aliphatic hydroxyl groups is 1. The average molecular weight is 493 g/mol. The Hall–Kier alpha value is -3.54. The van der Waals surface area contributed by atoms with Gasteiger partial charge in [-0.25, -0.2) is 9.97 Å². The van der Waals surface area contributed by atoms with E-state index in [1.807, 2.05) is 12.1 Å². The Balaban J connectivity index is 1.23. The first-order valence-electron chi connectivity index (χ1n) is 11.1. The van der Waals surface area contributed by atoms with E-state index in [4.69, 9.17) is 4.74 Å². The van der Waals surface area contributed by atoms with Crippen molar-refractivity contribution < 1.29 is 19.4 Å². The monoisotopic (exact) mass is 492 g/mol. The molecule has 0 radical (unpaired) electrons. The third kappa shape index (κ3) is 4.97. The zero-order chi connectivity index (χ0) is 24.4. The zero-order valence-corrected chi connectivity index (χ0v) is 19.8. The van der Waals surface area contributed by atoms with Gasteiger partial charge in [0.15, 0.2) is 5.60 Å². The van der Waals surface area contributed by atoms with Gasteiger partial charge in [-0.05, 0) is 43.2 Å². The number of fused-ring (bicyclic) bond motifs is 2. The van der Waals surface area contributed by atoms with E-state index in [-0.39, 0.29) is 18.4 Å². The van der Waals surface area contributed by atoms with Crippen molar-refractivity contribution in [3.63, 3.8) is 0 Å². The predicted molar refractivity (Wildman–Crippen MR) is 132 cm³/mol. The molecule has 1 aliphatic heterocycles. The molecular weight excluding hydrogens is 468 g/mol. The quantitative estimate of drug-likeness (QED) is 0.382. The van der Waals surface area contributed by atoms with Crippen LogP contribution in [0.5, 0.6) is 5.88 Å². The van der Waals surface area contributed by atoms with Gasteiger partial charge in [-0.15, -0.1) is 11.8 Å². The lowest BCUT2D eigenvalue weighted by Gasteiger charge is -2.30. The summed E-state index contributed by atoms with van der Waals surface area (Å²) in [6.07, 6.45) is 5.70. The molecule has 10 nitrogen and oxygen atoms in total. The van der Waals surface area contributed by atoms with Gasteiger partial charge >= 0.3 is 0 Å². The molecule has 0 saturated heterocycles. The van der Waals surface area contributed by atoms with Gasteiger partial charge in [-0.1, -0.05) is 6.08 Å². The molecule has 2 atom stereocenters. The molecule has 4 N–H and O–H groups in total.